The Morgan fingerprint density at radius 2 is 2.09 bits per heavy atom. The van der Waals surface area contributed by atoms with Crippen LogP contribution >= 0.6 is 11.3 Å². The second kappa shape index (κ2) is 7.65. The summed E-state index contributed by atoms with van der Waals surface area (Å²) in [5.41, 5.74) is 7.73. The van der Waals surface area contributed by atoms with Crippen LogP contribution in [0, 0.1) is 6.92 Å². The summed E-state index contributed by atoms with van der Waals surface area (Å²) in [5, 5.41) is 6.14. The van der Waals surface area contributed by atoms with Crippen molar-refractivity contribution in [2.75, 3.05) is 26.1 Å². The van der Waals surface area contributed by atoms with Crippen molar-refractivity contribution in [3.05, 3.63) is 34.3 Å². The quantitative estimate of drug-likeness (QED) is 0.631. The lowest BCUT2D eigenvalue weighted by Gasteiger charge is -2.10. The van der Waals surface area contributed by atoms with E-state index in [0.29, 0.717) is 24.0 Å². The standard InChI is InChI=1S/C15H20N4O2S/c1-10-18-12(9-22-10)6-7-17-15(16)19-11-4-5-13(20-2)14(8-11)21-3/h4-5,8-9H,6-7H2,1-3H3,(H3,16,17,19). The average Bonchev–Trinajstić information content (AvgIpc) is 2.92. The normalized spacial score (nSPS) is 11.3. The summed E-state index contributed by atoms with van der Waals surface area (Å²) in [6.45, 7) is 2.58. The SMILES string of the molecule is COc1ccc(NC(N)=NCCc2csc(C)n2)cc1OC. The summed E-state index contributed by atoms with van der Waals surface area (Å²) in [4.78, 5) is 8.69. The number of methoxy groups -OCH3 is 2. The predicted molar refractivity (Wildman–Crippen MR) is 90.2 cm³/mol. The van der Waals surface area contributed by atoms with Gasteiger partial charge in [-0.1, -0.05) is 0 Å². The maximum absolute atomic E-state index is 5.89. The van der Waals surface area contributed by atoms with E-state index >= 15 is 0 Å². The lowest BCUT2D eigenvalue weighted by molar-refractivity contribution is 0.355. The number of guanidine groups is 1. The number of hydrogen-bond donors (Lipinski definition) is 2. The van der Waals surface area contributed by atoms with Gasteiger partial charge in [0, 0.05) is 30.1 Å². The second-order valence-electron chi connectivity index (χ2n) is 4.57. The average molecular weight is 320 g/mol. The third-order valence-electron chi connectivity index (χ3n) is 2.97. The summed E-state index contributed by atoms with van der Waals surface area (Å²) < 4.78 is 10.4. The van der Waals surface area contributed by atoms with Gasteiger partial charge in [-0.15, -0.1) is 11.3 Å². The maximum Gasteiger partial charge on any atom is 0.193 e. The zero-order valence-corrected chi connectivity index (χ0v) is 13.7. The van der Waals surface area contributed by atoms with Crippen molar-refractivity contribution < 1.29 is 9.47 Å². The fourth-order valence-corrected chi connectivity index (χ4v) is 2.56. The van der Waals surface area contributed by atoms with E-state index in [2.05, 4.69) is 15.3 Å². The van der Waals surface area contributed by atoms with Crippen molar-refractivity contribution >= 4 is 23.0 Å². The molecule has 1 aromatic carbocycles. The fraction of sp³-hybridized carbons (Fsp3) is 0.333. The Morgan fingerprint density at radius 1 is 1.32 bits per heavy atom. The van der Waals surface area contributed by atoms with Crippen molar-refractivity contribution in [3.63, 3.8) is 0 Å². The Morgan fingerprint density at radius 3 is 2.73 bits per heavy atom. The van der Waals surface area contributed by atoms with Gasteiger partial charge in [0.25, 0.3) is 0 Å². The van der Waals surface area contributed by atoms with Gasteiger partial charge in [0.1, 0.15) is 0 Å². The van der Waals surface area contributed by atoms with Crippen LogP contribution in [0.4, 0.5) is 5.69 Å². The molecule has 2 rings (SSSR count). The van der Waals surface area contributed by atoms with Crippen LogP contribution in [-0.4, -0.2) is 31.7 Å². The summed E-state index contributed by atoms with van der Waals surface area (Å²) in [6, 6.07) is 5.48. The summed E-state index contributed by atoms with van der Waals surface area (Å²) >= 11 is 1.64. The summed E-state index contributed by atoms with van der Waals surface area (Å²) in [5.74, 6) is 1.67. The molecule has 1 heterocycles. The van der Waals surface area contributed by atoms with Crippen molar-refractivity contribution in [1.29, 1.82) is 0 Å². The lowest BCUT2D eigenvalue weighted by atomic mass is 10.3. The predicted octanol–water partition coefficient (Wildman–Crippen LogP) is 2.44. The molecule has 22 heavy (non-hydrogen) atoms. The monoisotopic (exact) mass is 320 g/mol. The first-order valence-corrected chi connectivity index (χ1v) is 7.70. The number of aryl methyl sites for hydroxylation is 1. The lowest BCUT2D eigenvalue weighted by Crippen LogP contribution is -2.23. The summed E-state index contributed by atoms with van der Waals surface area (Å²) in [6.07, 6.45) is 0.776. The van der Waals surface area contributed by atoms with Crippen LogP contribution in [0.2, 0.25) is 0 Å². The number of nitrogens with one attached hydrogen (secondary N) is 1. The Labute approximate surface area is 134 Å². The number of benzene rings is 1. The molecular weight excluding hydrogens is 300 g/mol. The van der Waals surface area contributed by atoms with Crippen molar-refractivity contribution in [2.24, 2.45) is 10.7 Å². The molecule has 0 aliphatic rings. The van der Waals surface area contributed by atoms with Crippen LogP contribution in [0.15, 0.2) is 28.6 Å². The third-order valence-corrected chi connectivity index (χ3v) is 3.79. The number of hydrogen-bond acceptors (Lipinski definition) is 5. The molecule has 0 spiro atoms. The molecule has 118 valence electrons. The van der Waals surface area contributed by atoms with E-state index in [9.17, 15) is 0 Å². The number of anilines is 1. The molecule has 0 unspecified atom stereocenters. The smallest absolute Gasteiger partial charge is 0.193 e. The molecule has 2 aromatic rings. The molecule has 0 saturated carbocycles. The molecule has 7 heteroatoms. The molecule has 1 aromatic heterocycles. The van der Waals surface area contributed by atoms with E-state index in [1.54, 1.807) is 25.6 Å². The molecule has 0 atom stereocenters. The number of nitrogens with two attached hydrogens (primary N) is 1. The zero-order chi connectivity index (χ0) is 15.9. The van der Waals surface area contributed by atoms with E-state index in [1.165, 1.54) is 0 Å². The van der Waals surface area contributed by atoms with E-state index < -0.39 is 0 Å². The molecule has 0 radical (unpaired) electrons. The number of nitrogens with zero attached hydrogens (tertiary/aromatic N) is 2. The minimum absolute atomic E-state index is 0.360. The molecule has 0 amide bonds. The zero-order valence-electron chi connectivity index (χ0n) is 12.9. The molecule has 0 saturated heterocycles. The van der Waals surface area contributed by atoms with Gasteiger partial charge in [-0.2, -0.15) is 0 Å². The van der Waals surface area contributed by atoms with E-state index in [0.717, 1.165) is 22.8 Å². The Hall–Kier alpha value is -2.28. The van der Waals surface area contributed by atoms with Crippen LogP contribution in [0.25, 0.3) is 0 Å². The largest absolute Gasteiger partial charge is 0.493 e. The van der Waals surface area contributed by atoms with Gasteiger partial charge < -0.3 is 20.5 Å². The first kappa shape index (κ1) is 16.1. The first-order valence-electron chi connectivity index (χ1n) is 6.82. The minimum Gasteiger partial charge on any atom is -0.493 e. The van der Waals surface area contributed by atoms with Crippen LogP contribution in [0.3, 0.4) is 0 Å². The maximum atomic E-state index is 5.89. The van der Waals surface area contributed by atoms with Gasteiger partial charge in [0.15, 0.2) is 17.5 Å². The molecule has 6 nitrogen and oxygen atoms in total. The number of rotatable bonds is 6. The number of ether oxygens (including phenoxy) is 2. The Bertz CT molecular complexity index is 655. The van der Waals surface area contributed by atoms with Crippen LogP contribution in [0.5, 0.6) is 11.5 Å². The topological polar surface area (TPSA) is 81.8 Å². The minimum atomic E-state index is 0.360. The first-order chi connectivity index (χ1) is 10.6. The Balaban J connectivity index is 1.93. The van der Waals surface area contributed by atoms with Gasteiger partial charge in [0.2, 0.25) is 0 Å². The molecular formula is C15H20N4O2S. The second-order valence-corrected chi connectivity index (χ2v) is 5.63. The third kappa shape index (κ3) is 4.36. The van der Waals surface area contributed by atoms with Crippen molar-refractivity contribution in [3.8, 4) is 11.5 Å². The fourth-order valence-electron chi connectivity index (χ4n) is 1.92. The van der Waals surface area contributed by atoms with Gasteiger partial charge in [-0.25, -0.2) is 4.98 Å². The highest BCUT2D eigenvalue weighted by Crippen LogP contribution is 2.29. The van der Waals surface area contributed by atoms with E-state index in [-0.39, 0.29) is 0 Å². The highest BCUT2D eigenvalue weighted by Gasteiger charge is 2.05. The van der Waals surface area contributed by atoms with Gasteiger partial charge in [-0.3, -0.25) is 4.99 Å². The van der Waals surface area contributed by atoms with Crippen LogP contribution in [-0.2, 0) is 6.42 Å². The van der Waals surface area contributed by atoms with Gasteiger partial charge in [-0.05, 0) is 19.1 Å². The number of thiazole rings is 1. The summed E-state index contributed by atoms with van der Waals surface area (Å²) in [7, 11) is 3.19. The number of aliphatic imine (C=N–C) groups is 1. The van der Waals surface area contributed by atoms with E-state index in [1.807, 2.05) is 30.5 Å². The van der Waals surface area contributed by atoms with Crippen molar-refractivity contribution in [2.45, 2.75) is 13.3 Å². The number of aromatic nitrogens is 1. The molecule has 0 fully saturated rings. The van der Waals surface area contributed by atoms with E-state index in [4.69, 9.17) is 15.2 Å². The van der Waals surface area contributed by atoms with Gasteiger partial charge in [0.05, 0.1) is 24.9 Å². The highest BCUT2D eigenvalue weighted by atomic mass is 32.1. The highest BCUT2D eigenvalue weighted by molar-refractivity contribution is 7.09. The molecule has 3 N–H and O–H groups in total. The molecule has 0 aliphatic heterocycles. The molecule has 0 bridgehead atoms. The van der Waals surface area contributed by atoms with Gasteiger partial charge >= 0.3 is 0 Å². The van der Waals surface area contributed by atoms with Crippen molar-refractivity contribution in [1.82, 2.24) is 4.98 Å². The molecule has 0 aliphatic carbocycles. The van der Waals surface area contributed by atoms with Crippen LogP contribution < -0.4 is 20.5 Å². The van der Waals surface area contributed by atoms with Crippen LogP contribution in [0.1, 0.15) is 10.7 Å². The Kier molecular flexibility index (Phi) is 5.60.